The predicted molar refractivity (Wildman–Crippen MR) is 121 cm³/mol. The van der Waals surface area contributed by atoms with Crippen LogP contribution in [0.25, 0.3) is 0 Å². The second-order valence-electron chi connectivity index (χ2n) is 11.9. The van der Waals surface area contributed by atoms with Crippen LogP contribution in [0, 0.1) is 5.41 Å². The van der Waals surface area contributed by atoms with Crippen molar-refractivity contribution in [2.24, 2.45) is 5.41 Å². The molecule has 0 radical (unpaired) electrons. The Hall–Kier alpha value is -1.18. The number of amides is 2. The summed E-state index contributed by atoms with van der Waals surface area (Å²) in [4.78, 5) is 28.8. The maximum atomic E-state index is 11.8. The highest BCUT2D eigenvalue weighted by atomic mass is 16.5. The van der Waals surface area contributed by atoms with Gasteiger partial charge in [0.1, 0.15) is 6.61 Å². The number of morpholine rings is 1. The molecule has 4 rings (SSSR count). The van der Waals surface area contributed by atoms with E-state index < -0.39 is 0 Å². The highest BCUT2D eigenvalue weighted by Crippen LogP contribution is 2.40. The first-order valence-corrected chi connectivity index (χ1v) is 12.2. The molecule has 4 aliphatic heterocycles. The van der Waals surface area contributed by atoms with Crippen LogP contribution in [0.4, 0.5) is 0 Å². The van der Waals surface area contributed by atoms with Gasteiger partial charge in [-0.05, 0) is 84.7 Å². The summed E-state index contributed by atoms with van der Waals surface area (Å²) in [5.74, 6) is 0.263. The lowest BCUT2D eigenvalue weighted by Gasteiger charge is -2.50. The Morgan fingerprint density at radius 3 is 1.90 bits per heavy atom. The van der Waals surface area contributed by atoms with Crippen LogP contribution in [0.3, 0.4) is 0 Å². The number of hydrogen-bond acceptors (Lipinski definition) is 5. The van der Waals surface area contributed by atoms with Gasteiger partial charge in [-0.3, -0.25) is 19.4 Å². The Balaban J connectivity index is 1.27. The topological polar surface area (TPSA) is 73.9 Å². The van der Waals surface area contributed by atoms with Gasteiger partial charge in [0.2, 0.25) is 11.8 Å². The lowest BCUT2D eigenvalue weighted by molar-refractivity contribution is -0.138. The van der Waals surface area contributed by atoms with Crippen molar-refractivity contribution in [2.45, 2.75) is 89.3 Å². The fourth-order valence-corrected chi connectivity index (χ4v) is 6.14. The molecule has 4 aliphatic rings. The summed E-state index contributed by atoms with van der Waals surface area (Å²) in [6.07, 6.45) is 7.21. The molecular formula is C24H42N4O3. The molecule has 7 nitrogen and oxygen atoms in total. The minimum absolute atomic E-state index is 0.0294. The minimum Gasteiger partial charge on any atom is -0.369 e. The molecule has 4 heterocycles. The summed E-state index contributed by atoms with van der Waals surface area (Å²) < 4.78 is 5.54. The van der Waals surface area contributed by atoms with Crippen LogP contribution in [0.1, 0.15) is 72.6 Å². The number of carbonyl (C=O) groups is 2. The second-order valence-corrected chi connectivity index (χ2v) is 11.9. The Kier molecular flexibility index (Phi) is 6.16. The van der Waals surface area contributed by atoms with E-state index in [-0.39, 0.29) is 40.5 Å². The molecule has 2 spiro atoms. The quantitative estimate of drug-likeness (QED) is 0.692. The van der Waals surface area contributed by atoms with Crippen molar-refractivity contribution in [1.29, 1.82) is 0 Å². The summed E-state index contributed by atoms with van der Waals surface area (Å²) >= 11 is 0. The van der Waals surface area contributed by atoms with E-state index in [1.165, 1.54) is 0 Å². The van der Waals surface area contributed by atoms with Crippen LogP contribution in [0.2, 0.25) is 0 Å². The van der Waals surface area contributed by atoms with Crippen molar-refractivity contribution in [2.75, 3.05) is 45.9 Å². The normalized spacial score (nSPS) is 27.5. The first-order chi connectivity index (χ1) is 14.5. The van der Waals surface area contributed by atoms with Crippen molar-refractivity contribution in [1.82, 2.24) is 20.4 Å². The number of carbonyl (C=O) groups excluding carboxylic acids is 2. The standard InChI is InChI=1S/C24H42N4O3/c1-21(2,27-11-7-23(8-12-27)15-19(29)25-17-23)5-6-22(3,4)28-13-9-24(10-14-28)18-31-16-20(30)26-24/h5-18H2,1-4H3,(H,25,29)(H,26,30). The molecule has 0 aliphatic carbocycles. The molecule has 2 N–H and O–H groups in total. The predicted octanol–water partition coefficient (Wildman–Crippen LogP) is 1.91. The zero-order chi connectivity index (χ0) is 22.3. The molecule has 2 amide bonds. The van der Waals surface area contributed by atoms with E-state index in [1.54, 1.807) is 0 Å². The number of hydrogen-bond donors (Lipinski definition) is 2. The van der Waals surface area contributed by atoms with Crippen molar-refractivity contribution >= 4 is 11.8 Å². The van der Waals surface area contributed by atoms with Gasteiger partial charge in [-0.15, -0.1) is 0 Å². The van der Waals surface area contributed by atoms with Gasteiger partial charge in [-0.2, -0.15) is 0 Å². The summed E-state index contributed by atoms with van der Waals surface area (Å²) in [6, 6.07) is 0. The minimum atomic E-state index is -0.151. The van der Waals surface area contributed by atoms with E-state index in [0.717, 1.165) is 77.7 Å². The average Bonchev–Trinajstić information content (AvgIpc) is 3.07. The van der Waals surface area contributed by atoms with Crippen LogP contribution in [-0.4, -0.2) is 84.2 Å². The lowest BCUT2D eigenvalue weighted by atomic mass is 9.76. The van der Waals surface area contributed by atoms with E-state index in [4.69, 9.17) is 4.74 Å². The summed E-state index contributed by atoms with van der Waals surface area (Å²) in [7, 11) is 0. The van der Waals surface area contributed by atoms with Crippen molar-refractivity contribution in [3.63, 3.8) is 0 Å². The highest BCUT2D eigenvalue weighted by Gasteiger charge is 2.45. The first-order valence-electron chi connectivity index (χ1n) is 12.2. The van der Waals surface area contributed by atoms with E-state index in [9.17, 15) is 9.59 Å². The molecule has 0 aromatic rings. The van der Waals surface area contributed by atoms with Gasteiger partial charge >= 0.3 is 0 Å². The van der Waals surface area contributed by atoms with Gasteiger partial charge in [0, 0.05) is 37.1 Å². The highest BCUT2D eigenvalue weighted by molar-refractivity contribution is 5.79. The van der Waals surface area contributed by atoms with Crippen LogP contribution >= 0.6 is 0 Å². The third-order valence-electron chi connectivity index (χ3n) is 8.82. The SMILES string of the molecule is CC(C)(CCC(C)(C)N1CCC2(CC1)COCC(=O)N2)N1CCC2(CC1)CNC(=O)C2. The van der Waals surface area contributed by atoms with Crippen molar-refractivity contribution in [3.05, 3.63) is 0 Å². The molecule has 0 aromatic heterocycles. The summed E-state index contributed by atoms with van der Waals surface area (Å²) in [5.41, 5.74) is 0.362. The molecule has 4 saturated heterocycles. The maximum absolute atomic E-state index is 11.8. The van der Waals surface area contributed by atoms with Gasteiger partial charge in [-0.25, -0.2) is 0 Å². The number of piperidine rings is 2. The van der Waals surface area contributed by atoms with Crippen LogP contribution in [0.15, 0.2) is 0 Å². The molecule has 0 atom stereocenters. The van der Waals surface area contributed by atoms with Gasteiger partial charge in [0.05, 0.1) is 12.1 Å². The molecule has 31 heavy (non-hydrogen) atoms. The van der Waals surface area contributed by atoms with Gasteiger partial charge in [0.25, 0.3) is 0 Å². The largest absolute Gasteiger partial charge is 0.369 e. The Morgan fingerprint density at radius 1 is 0.871 bits per heavy atom. The van der Waals surface area contributed by atoms with E-state index in [2.05, 4.69) is 48.1 Å². The molecule has 176 valence electrons. The smallest absolute Gasteiger partial charge is 0.246 e. The maximum Gasteiger partial charge on any atom is 0.246 e. The molecule has 4 fully saturated rings. The molecule has 7 heteroatoms. The average molecular weight is 435 g/mol. The second kappa shape index (κ2) is 8.31. The number of ether oxygens (including phenoxy) is 1. The zero-order valence-corrected chi connectivity index (χ0v) is 20.0. The van der Waals surface area contributed by atoms with Crippen LogP contribution < -0.4 is 10.6 Å². The van der Waals surface area contributed by atoms with Crippen LogP contribution in [0.5, 0.6) is 0 Å². The number of rotatable bonds is 5. The van der Waals surface area contributed by atoms with E-state index in [1.807, 2.05) is 0 Å². The third kappa shape index (κ3) is 4.93. The third-order valence-corrected chi connectivity index (χ3v) is 8.82. The fourth-order valence-electron chi connectivity index (χ4n) is 6.14. The molecule has 0 unspecified atom stereocenters. The van der Waals surface area contributed by atoms with Crippen molar-refractivity contribution in [3.8, 4) is 0 Å². The van der Waals surface area contributed by atoms with Gasteiger partial charge in [-0.1, -0.05) is 0 Å². The molecular weight excluding hydrogens is 392 g/mol. The first kappa shape index (κ1) is 23.0. The summed E-state index contributed by atoms with van der Waals surface area (Å²) in [6.45, 7) is 15.4. The fraction of sp³-hybridized carbons (Fsp3) is 0.917. The Morgan fingerprint density at radius 2 is 1.42 bits per heavy atom. The Labute approximate surface area is 187 Å². The number of likely N-dealkylation sites (tertiary alicyclic amines) is 2. The van der Waals surface area contributed by atoms with Crippen LogP contribution in [-0.2, 0) is 14.3 Å². The summed E-state index contributed by atoms with van der Waals surface area (Å²) in [5, 5.41) is 6.25. The van der Waals surface area contributed by atoms with Gasteiger partial charge < -0.3 is 15.4 Å². The van der Waals surface area contributed by atoms with E-state index >= 15 is 0 Å². The van der Waals surface area contributed by atoms with E-state index in [0.29, 0.717) is 6.61 Å². The number of nitrogens with zero attached hydrogens (tertiary/aromatic N) is 2. The zero-order valence-electron chi connectivity index (χ0n) is 20.0. The molecule has 0 bridgehead atoms. The van der Waals surface area contributed by atoms with Crippen molar-refractivity contribution < 1.29 is 14.3 Å². The lowest BCUT2D eigenvalue weighted by Crippen LogP contribution is -2.63. The Bertz CT molecular complexity index is 689. The monoisotopic (exact) mass is 434 g/mol. The van der Waals surface area contributed by atoms with Gasteiger partial charge in [0.15, 0.2) is 0 Å². The number of nitrogens with one attached hydrogen (secondary N) is 2. The molecule has 0 aromatic carbocycles. The molecule has 0 saturated carbocycles.